The van der Waals surface area contributed by atoms with E-state index in [2.05, 4.69) is 21.2 Å². The van der Waals surface area contributed by atoms with Crippen LogP contribution in [0.4, 0.5) is 5.69 Å². The van der Waals surface area contributed by atoms with Gasteiger partial charge < -0.3 is 10.2 Å². The SMILES string of the molecule is Cc1ccc(N(CCCC(=O)N(Cc2cccc(Br)c2)C(C)C(=O)NCC(C)C)S(C)(=O)=O)cc1C. The molecule has 0 aliphatic carbocycles. The number of hydrogen-bond donors (Lipinski definition) is 1. The summed E-state index contributed by atoms with van der Waals surface area (Å²) in [5, 5.41) is 2.91. The van der Waals surface area contributed by atoms with Crippen LogP contribution in [0.5, 0.6) is 0 Å². The Balaban J connectivity index is 2.18. The van der Waals surface area contributed by atoms with Gasteiger partial charge in [0.15, 0.2) is 0 Å². The highest BCUT2D eigenvalue weighted by Crippen LogP contribution is 2.22. The number of nitrogens with zero attached hydrogens (tertiary/aromatic N) is 2. The number of hydrogen-bond acceptors (Lipinski definition) is 4. The van der Waals surface area contributed by atoms with Gasteiger partial charge in [-0.05, 0) is 74.1 Å². The van der Waals surface area contributed by atoms with Crippen molar-refractivity contribution >= 4 is 43.5 Å². The maximum Gasteiger partial charge on any atom is 0.242 e. The van der Waals surface area contributed by atoms with Crippen molar-refractivity contribution in [2.45, 2.75) is 60.0 Å². The Morgan fingerprint density at radius 3 is 2.31 bits per heavy atom. The highest BCUT2D eigenvalue weighted by Gasteiger charge is 2.27. The number of sulfonamides is 1. The van der Waals surface area contributed by atoms with Crippen LogP contribution in [-0.2, 0) is 26.2 Å². The molecule has 7 nitrogen and oxygen atoms in total. The molecule has 0 aliphatic heterocycles. The summed E-state index contributed by atoms with van der Waals surface area (Å²) >= 11 is 3.46. The Kier molecular flexibility index (Phi) is 11.0. The second kappa shape index (κ2) is 13.2. The molecule has 0 heterocycles. The summed E-state index contributed by atoms with van der Waals surface area (Å²) in [4.78, 5) is 27.7. The van der Waals surface area contributed by atoms with Gasteiger partial charge in [0.25, 0.3) is 0 Å². The molecule has 2 rings (SSSR count). The highest BCUT2D eigenvalue weighted by molar-refractivity contribution is 9.10. The smallest absolute Gasteiger partial charge is 0.242 e. The monoisotopic (exact) mass is 579 g/mol. The zero-order valence-electron chi connectivity index (χ0n) is 22.0. The molecule has 1 atom stereocenters. The quantitative estimate of drug-likeness (QED) is 0.391. The molecular weight excluding hydrogens is 542 g/mol. The summed E-state index contributed by atoms with van der Waals surface area (Å²) in [5.41, 5.74) is 3.56. The van der Waals surface area contributed by atoms with Gasteiger partial charge >= 0.3 is 0 Å². The van der Waals surface area contributed by atoms with E-state index in [0.717, 1.165) is 21.2 Å². The van der Waals surface area contributed by atoms with E-state index in [4.69, 9.17) is 0 Å². The zero-order chi connectivity index (χ0) is 27.0. The molecule has 1 unspecified atom stereocenters. The molecule has 0 aliphatic rings. The maximum absolute atomic E-state index is 13.3. The highest BCUT2D eigenvalue weighted by atomic mass is 79.9. The number of halogens is 1. The van der Waals surface area contributed by atoms with E-state index in [0.29, 0.717) is 24.6 Å². The molecule has 36 heavy (non-hydrogen) atoms. The fraction of sp³-hybridized carbons (Fsp3) is 0.481. The van der Waals surface area contributed by atoms with Crippen LogP contribution in [0.1, 0.15) is 50.3 Å². The lowest BCUT2D eigenvalue weighted by Crippen LogP contribution is -2.48. The summed E-state index contributed by atoms with van der Waals surface area (Å²) in [6.07, 6.45) is 1.62. The Morgan fingerprint density at radius 2 is 1.72 bits per heavy atom. The normalized spacial score (nSPS) is 12.3. The Labute approximate surface area is 224 Å². The van der Waals surface area contributed by atoms with Crippen molar-refractivity contribution in [3.05, 3.63) is 63.6 Å². The van der Waals surface area contributed by atoms with E-state index in [-0.39, 0.29) is 31.3 Å². The summed E-state index contributed by atoms with van der Waals surface area (Å²) in [7, 11) is -3.53. The average molecular weight is 581 g/mol. The van der Waals surface area contributed by atoms with Crippen molar-refractivity contribution in [1.82, 2.24) is 10.2 Å². The van der Waals surface area contributed by atoms with Gasteiger partial charge in [0, 0.05) is 30.5 Å². The van der Waals surface area contributed by atoms with Crippen molar-refractivity contribution in [2.24, 2.45) is 5.92 Å². The number of aryl methyl sites for hydroxylation is 2. The molecule has 2 aromatic carbocycles. The minimum absolute atomic E-state index is 0.118. The third-order valence-corrected chi connectivity index (χ3v) is 7.71. The van der Waals surface area contributed by atoms with Crippen LogP contribution in [0.3, 0.4) is 0 Å². The van der Waals surface area contributed by atoms with Gasteiger partial charge in [0.2, 0.25) is 21.8 Å². The summed E-state index contributed by atoms with van der Waals surface area (Å²) in [5.74, 6) is -0.113. The molecule has 0 saturated carbocycles. The minimum atomic E-state index is -3.53. The molecular formula is C27H38BrN3O4S. The van der Waals surface area contributed by atoms with Gasteiger partial charge in [-0.2, -0.15) is 0 Å². The van der Waals surface area contributed by atoms with E-state index >= 15 is 0 Å². The van der Waals surface area contributed by atoms with E-state index in [1.807, 2.05) is 64.1 Å². The van der Waals surface area contributed by atoms with E-state index in [1.165, 1.54) is 10.6 Å². The van der Waals surface area contributed by atoms with Crippen molar-refractivity contribution < 1.29 is 18.0 Å². The third kappa shape index (κ3) is 8.92. The summed E-state index contributed by atoms with van der Waals surface area (Å²) in [6.45, 7) is 10.6. The first kappa shape index (κ1) is 29.8. The lowest BCUT2D eigenvalue weighted by molar-refractivity contribution is -0.140. The molecule has 0 fully saturated rings. The fourth-order valence-corrected chi connectivity index (χ4v) is 5.16. The first-order chi connectivity index (χ1) is 16.8. The number of carbonyl (C=O) groups excluding carboxylic acids is 2. The first-order valence-electron chi connectivity index (χ1n) is 12.2. The van der Waals surface area contributed by atoms with Gasteiger partial charge in [-0.15, -0.1) is 0 Å². The van der Waals surface area contributed by atoms with Crippen molar-refractivity contribution in [3.63, 3.8) is 0 Å². The average Bonchev–Trinajstić information content (AvgIpc) is 2.79. The molecule has 9 heteroatoms. The molecule has 1 N–H and O–H groups in total. The lowest BCUT2D eigenvalue weighted by atomic mass is 10.1. The van der Waals surface area contributed by atoms with Crippen LogP contribution >= 0.6 is 15.9 Å². The fourth-order valence-electron chi connectivity index (χ4n) is 3.75. The zero-order valence-corrected chi connectivity index (χ0v) is 24.4. The van der Waals surface area contributed by atoms with Crippen LogP contribution in [0.25, 0.3) is 0 Å². The van der Waals surface area contributed by atoms with E-state index in [9.17, 15) is 18.0 Å². The summed E-state index contributed by atoms with van der Waals surface area (Å²) in [6, 6.07) is 12.5. The predicted octanol–water partition coefficient (Wildman–Crippen LogP) is 4.80. The molecule has 198 valence electrons. The van der Waals surface area contributed by atoms with Gasteiger partial charge in [-0.3, -0.25) is 13.9 Å². The molecule has 2 amide bonds. The van der Waals surface area contributed by atoms with Crippen LogP contribution in [0.2, 0.25) is 0 Å². The molecule has 0 saturated heterocycles. The van der Waals surface area contributed by atoms with E-state index in [1.54, 1.807) is 17.9 Å². The molecule has 2 aromatic rings. The Morgan fingerprint density at radius 1 is 1.03 bits per heavy atom. The Bertz CT molecular complexity index is 1170. The maximum atomic E-state index is 13.3. The third-order valence-electron chi connectivity index (χ3n) is 6.02. The van der Waals surface area contributed by atoms with Crippen LogP contribution < -0.4 is 9.62 Å². The summed E-state index contributed by atoms with van der Waals surface area (Å²) < 4.78 is 27.2. The number of benzene rings is 2. The number of nitrogens with one attached hydrogen (secondary N) is 1. The van der Waals surface area contributed by atoms with Gasteiger partial charge in [-0.1, -0.05) is 48.0 Å². The van der Waals surface area contributed by atoms with Crippen molar-refractivity contribution in [3.8, 4) is 0 Å². The molecule has 0 bridgehead atoms. The second-order valence-electron chi connectivity index (χ2n) is 9.67. The second-order valence-corrected chi connectivity index (χ2v) is 12.5. The topological polar surface area (TPSA) is 86.8 Å². The number of amides is 2. The lowest BCUT2D eigenvalue weighted by Gasteiger charge is -2.30. The van der Waals surface area contributed by atoms with Crippen LogP contribution in [-0.4, -0.2) is 50.5 Å². The number of anilines is 1. The van der Waals surface area contributed by atoms with E-state index < -0.39 is 16.1 Å². The molecule has 0 aromatic heterocycles. The number of carbonyl (C=O) groups is 2. The van der Waals surface area contributed by atoms with Crippen LogP contribution in [0.15, 0.2) is 46.9 Å². The van der Waals surface area contributed by atoms with Crippen molar-refractivity contribution in [2.75, 3.05) is 23.7 Å². The van der Waals surface area contributed by atoms with Gasteiger partial charge in [0.05, 0.1) is 11.9 Å². The Hall–Kier alpha value is -2.39. The van der Waals surface area contributed by atoms with Crippen molar-refractivity contribution in [1.29, 1.82) is 0 Å². The van der Waals surface area contributed by atoms with Gasteiger partial charge in [0.1, 0.15) is 6.04 Å². The van der Waals surface area contributed by atoms with Gasteiger partial charge in [-0.25, -0.2) is 8.42 Å². The standard InChI is InChI=1S/C27H38BrN3O4S/c1-19(2)17-29-27(33)22(5)30(18-23-9-7-10-24(28)16-23)26(32)11-8-14-31(36(6,34)35)25-13-12-20(3)21(4)15-25/h7,9-10,12-13,15-16,19,22H,8,11,14,17-18H2,1-6H3,(H,29,33). The van der Waals surface area contributed by atoms with Crippen LogP contribution in [0, 0.1) is 19.8 Å². The predicted molar refractivity (Wildman–Crippen MR) is 149 cm³/mol. The number of rotatable bonds is 12. The molecule has 0 spiro atoms. The molecule has 0 radical (unpaired) electrons. The minimum Gasteiger partial charge on any atom is -0.354 e. The largest absolute Gasteiger partial charge is 0.354 e. The first-order valence-corrected chi connectivity index (χ1v) is 14.8.